The highest BCUT2D eigenvalue weighted by Gasteiger charge is 2.34. The molecule has 2 aromatic rings. The second-order valence-electron chi connectivity index (χ2n) is 5.83. The van der Waals surface area contributed by atoms with Crippen molar-refractivity contribution in [2.45, 2.75) is 39.2 Å². The maximum Gasteiger partial charge on any atom is 0.258 e. The zero-order chi connectivity index (χ0) is 14.0. The first-order valence-electron chi connectivity index (χ1n) is 7.40. The number of pyridine rings is 1. The predicted octanol–water partition coefficient (Wildman–Crippen LogP) is 2.36. The van der Waals surface area contributed by atoms with Gasteiger partial charge in [0.25, 0.3) is 5.56 Å². The average Bonchev–Trinajstić information content (AvgIpc) is 2.42. The van der Waals surface area contributed by atoms with Gasteiger partial charge in [-0.2, -0.15) is 0 Å². The number of fused-ring (bicyclic) bond motifs is 1. The molecule has 1 aliphatic carbocycles. The molecule has 0 unspecified atom stereocenters. The maximum atomic E-state index is 12.0. The van der Waals surface area contributed by atoms with E-state index in [1.165, 1.54) is 25.7 Å². The predicted molar refractivity (Wildman–Crippen MR) is 79.7 cm³/mol. The Balaban J connectivity index is 1.70. The van der Waals surface area contributed by atoms with E-state index in [0.29, 0.717) is 17.6 Å². The molecular formula is C16H21N3O. The van der Waals surface area contributed by atoms with Gasteiger partial charge in [-0.1, -0.05) is 19.4 Å². The Labute approximate surface area is 118 Å². The topological polar surface area (TPSA) is 46.4 Å². The molecule has 0 aliphatic heterocycles. The van der Waals surface area contributed by atoms with Crippen LogP contribution in [0.4, 0.5) is 0 Å². The van der Waals surface area contributed by atoms with Gasteiger partial charge in [-0.3, -0.25) is 9.20 Å². The van der Waals surface area contributed by atoms with Crippen LogP contribution in [0.25, 0.3) is 5.65 Å². The largest absolute Gasteiger partial charge is 0.311 e. The van der Waals surface area contributed by atoms with E-state index in [1.807, 2.05) is 18.2 Å². The Morgan fingerprint density at radius 1 is 1.40 bits per heavy atom. The molecule has 4 heteroatoms. The van der Waals surface area contributed by atoms with Gasteiger partial charge in [0.2, 0.25) is 0 Å². The highest BCUT2D eigenvalue weighted by Crippen LogP contribution is 2.43. The van der Waals surface area contributed by atoms with E-state index in [4.69, 9.17) is 0 Å². The molecule has 0 atom stereocenters. The lowest BCUT2D eigenvalue weighted by Crippen LogP contribution is -2.39. The Hall–Kier alpha value is -1.68. The molecule has 0 saturated heterocycles. The fourth-order valence-electron chi connectivity index (χ4n) is 2.98. The smallest absolute Gasteiger partial charge is 0.258 e. The summed E-state index contributed by atoms with van der Waals surface area (Å²) in [4.78, 5) is 16.5. The first kappa shape index (κ1) is 13.3. The van der Waals surface area contributed by atoms with Gasteiger partial charge in [0.1, 0.15) is 5.65 Å². The van der Waals surface area contributed by atoms with Gasteiger partial charge >= 0.3 is 0 Å². The van der Waals surface area contributed by atoms with E-state index >= 15 is 0 Å². The highest BCUT2D eigenvalue weighted by atomic mass is 16.1. The molecule has 3 rings (SSSR count). The molecule has 1 fully saturated rings. The molecular weight excluding hydrogens is 250 g/mol. The highest BCUT2D eigenvalue weighted by molar-refractivity contribution is 5.37. The summed E-state index contributed by atoms with van der Waals surface area (Å²) in [5, 5.41) is 3.48. The minimum absolute atomic E-state index is 0.0127. The summed E-state index contributed by atoms with van der Waals surface area (Å²) in [6.07, 6.45) is 6.98. The molecule has 0 aromatic carbocycles. The minimum atomic E-state index is -0.0127. The molecule has 1 aliphatic rings. The van der Waals surface area contributed by atoms with E-state index in [9.17, 15) is 4.79 Å². The van der Waals surface area contributed by atoms with Gasteiger partial charge in [-0.05, 0) is 36.8 Å². The van der Waals surface area contributed by atoms with Gasteiger partial charge in [-0.15, -0.1) is 0 Å². The SMILES string of the molecule is CCC1(CNCc2cc(=O)n3ccccc3n2)CCC1. The molecule has 2 aromatic heterocycles. The fraction of sp³-hybridized carbons (Fsp3) is 0.500. The molecule has 0 amide bonds. The van der Waals surface area contributed by atoms with Crippen molar-refractivity contribution in [2.24, 2.45) is 5.41 Å². The number of hydrogen-bond acceptors (Lipinski definition) is 3. The Kier molecular flexibility index (Phi) is 3.57. The number of aromatic nitrogens is 2. The van der Waals surface area contributed by atoms with Crippen LogP contribution in [0.3, 0.4) is 0 Å². The molecule has 1 N–H and O–H groups in total. The van der Waals surface area contributed by atoms with E-state index in [1.54, 1.807) is 16.7 Å². The molecule has 2 heterocycles. The third-order valence-corrected chi connectivity index (χ3v) is 4.59. The lowest BCUT2D eigenvalue weighted by atomic mass is 9.67. The molecule has 0 bridgehead atoms. The molecule has 20 heavy (non-hydrogen) atoms. The molecule has 4 nitrogen and oxygen atoms in total. The third kappa shape index (κ3) is 2.48. The van der Waals surface area contributed by atoms with Crippen LogP contribution in [0.2, 0.25) is 0 Å². The van der Waals surface area contributed by atoms with E-state index < -0.39 is 0 Å². The van der Waals surface area contributed by atoms with Crippen molar-refractivity contribution in [3.63, 3.8) is 0 Å². The maximum absolute atomic E-state index is 12.0. The van der Waals surface area contributed by atoms with E-state index in [0.717, 1.165) is 12.2 Å². The normalized spacial score (nSPS) is 17.1. The summed E-state index contributed by atoms with van der Waals surface area (Å²) < 4.78 is 1.57. The molecule has 1 saturated carbocycles. The van der Waals surface area contributed by atoms with Crippen LogP contribution in [0.5, 0.6) is 0 Å². The van der Waals surface area contributed by atoms with Crippen LogP contribution in [-0.4, -0.2) is 15.9 Å². The second-order valence-corrected chi connectivity index (χ2v) is 5.83. The zero-order valence-electron chi connectivity index (χ0n) is 11.9. The number of hydrogen-bond donors (Lipinski definition) is 1. The zero-order valence-corrected chi connectivity index (χ0v) is 11.9. The summed E-state index contributed by atoms with van der Waals surface area (Å²) in [6.45, 7) is 3.96. The number of rotatable bonds is 5. The van der Waals surface area contributed by atoms with Crippen molar-refractivity contribution in [1.82, 2.24) is 14.7 Å². The van der Waals surface area contributed by atoms with Crippen LogP contribution in [-0.2, 0) is 6.54 Å². The van der Waals surface area contributed by atoms with Crippen LogP contribution in [0, 0.1) is 5.41 Å². The second kappa shape index (κ2) is 5.37. The van der Waals surface area contributed by atoms with E-state index in [2.05, 4.69) is 17.2 Å². The summed E-state index contributed by atoms with van der Waals surface area (Å²) in [5.74, 6) is 0. The van der Waals surface area contributed by atoms with Crippen molar-refractivity contribution in [3.05, 3.63) is 46.5 Å². The van der Waals surface area contributed by atoms with Gasteiger partial charge in [0.05, 0.1) is 5.69 Å². The first-order valence-corrected chi connectivity index (χ1v) is 7.40. The monoisotopic (exact) mass is 271 g/mol. The number of nitrogens with zero attached hydrogens (tertiary/aromatic N) is 2. The Bertz CT molecular complexity index is 653. The van der Waals surface area contributed by atoms with Gasteiger partial charge in [-0.25, -0.2) is 4.98 Å². The average molecular weight is 271 g/mol. The van der Waals surface area contributed by atoms with Crippen LogP contribution < -0.4 is 10.9 Å². The Morgan fingerprint density at radius 3 is 2.95 bits per heavy atom. The lowest BCUT2D eigenvalue weighted by molar-refractivity contribution is 0.123. The van der Waals surface area contributed by atoms with Crippen LogP contribution in [0.1, 0.15) is 38.3 Å². The first-order chi connectivity index (χ1) is 9.72. The summed E-state index contributed by atoms with van der Waals surface area (Å²) in [6, 6.07) is 7.23. The standard InChI is InChI=1S/C16H21N3O/c1-2-16(7-5-8-16)12-17-11-13-10-15(20)19-9-4-3-6-14(19)18-13/h3-4,6,9-10,17H,2,5,7-8,11-12H2,1H3. The molecule has 106 valence electrons. The summed E-state index contributed by atoms with van der Waals surface area (Å²) in [5.41, 5.74) is 2.02. The van der Waals surface area contributed by atoms with Gasteiger partial charge in [0.15, 0.2) is 0 Å². The fourth-order valence-corrected chi connectivity index (χ4v) is 2.98. The molecule has 0 radical (unpaired) electrons. The van der Waals surface area contributed by atoms with Crippen molar-refractivity contribution in [1.29, 1.82) is 0 Å². The van der Waals surface area contributed by atoms with Crippen molar-refractivity contribution in [2.75, 3.05) is 6.54 Å². The van der Waals surface area contributed by atoms with E-state index in [-0.39, 0.29) is 5.56 Å². The van der Waals surface area contributed by atoms with Crippen LogP contribution >= 0.6 is 0 Å². The summed E-state index contributed by atoms with van der Waals surface area (Å²) in [7, 11) is 0. The quantitative estimate of drug-likeness (QED) is 0.908. The summed E-state index contributed by atoms with van der Waals surface area (Å²) >= 11 is 0. The van der Waals surface area contributed by atoms with Crippen molar-refractivity contribution < 1.29 is 0 Å². The lowest BCUT2D eigenvalue weighted by Gasteiger charge is -2.41. The van der Waals surface area contributed by atoms with Gasteiger partial charge in [0, 0.05) is 25.4 Å². The van der Waals surface area contributed by atoms with Crippen molar-refractivity contribution >= 4 is 5.65 Å². The van der Waals surface area contributed by atoms with Crippen molar-refractivity contribution in [3.8, 4) is 0 Å². The molecule has 0 spiro atoms. The van der Waals surface area contributed by atoms with Gasteiger partial charge < -0.3 is 5.32 Å². The number of nitrogens with one attached hydrogen (secondary N) is 1. The third-order valence-electron chi connectivity index (χ3n) is 4.59. The van der Waals surface area contributed by atoms with Crippen LogP contribution in [0.15, 0.2) is 35.3 Å². The minimum Gasteiger partial charge on any atom is -0.311 e. The Morgan fingerprint density at radius 2 is 2.25 bits per heavy atom.